The predicted octanol–water partition coefficient (Wildman–Crippen LogP) is 3.91. The molecule has 0 saturated carbocycles. The number of ketones is 1. The van der Waals surface area contributed by atoms with E-state index in [4.69, 9.17) is 0 Å². The molecule has 1 aromatic heterocycles. The van der Waals surface area contributed by atoms with Gasteiger partial charge in [0.2, 0.25) is 5.91 Å². The average Bonchev–Trinajstić information content (AvgIpc) is 2.64. The number of carbonyl (C=O) groups is 2. The van der Waals surface area contributed by atoms with Crippen molar-refractivity contribution in [3.05, 3.63) is 40.0 Å². The van der Waals surface area contributed by atoms with Crippen LogP contribution in [0.3, 0.4) is 0 Å². The lowest BCUT2D eigenvalue weighted by molar-refractivity contribution is -0.114. The molecule has 0 aliphatic heterocycles. The highest BCUT2D eigenvalue weighted by Gasteiger charge is 2.19. The lowest BCUT2D eigenvalue weighted by atomic mass is 10.1. The highest BCUT2D eigenvalue weighted by Crippen LogP contribution is 2.36. The van der Waals surface area contributed by atoms with E-state index in [9.17, 15) is 9.59 Å². The Labute approximate surface area is 125 Å². The van der Waals surface area contributed by atoms with E-state index in [0.717, 1.165) is 21.4 Å². The summed E-state index contributed by atoms with van der Waals surface area (Å²) in [4.78, 5) is 26.2. The molecule has 0 unspecified atom stereocenters. The zero-order chi connectivity index (χ0) is 14.9. The largest absolute Gasteiger partial charge is 0.357 e. The summed E-state index contributed by atoms with van der Waals surface area (Å²) in [6.07, 6.45) is 0. The number of amides is 1. The summed E-state index contributed by atoms with van der Waals surface area (Å²) in [5.41, 5.74) is 3.77. The number of rotatable bonds is 3. The summed E-state index contributed by atoms with van der Waals surface area (Å²) < 4.78 is 0.723. The highest BCUT2D eigenvalue weighted by molar-refractivity contribution is 9.10. The van der Waals surface area contributed by atoms with Crippen molar-refractivity contribution in [1.82, 2.24) is 4.98 Å². The number of H-pyrrole nitrogens is 1. The smallest absolute Gasteiger partial charge is 0.221 e. The van der Waals surface area contributed by atoms with Crippen molar-refractivity contribution in [2.24, 2.45) is 0 Å². The molecule has 104 valence electrons. The Bertz CT molecular complexity index is 689. The number of aromatic nitrogens is 1. The maximum Gasteiger partial charge on any atom is 0.221 e. The molecule has 0 spiro atoms. The van der Waals surface area contributed by atoms with Gasteiger partial charge in [0, 0.05) is 18.2 Å². The number of benzene rings is 1. The van der Waals surface area contributed by atoms with Crippen LogP contribution in [-0.4, -0.2) is 16.7 Å². The fourth-order valence-electron chi connectivity index (χ4n) is 2.20. The molecule has 1 amide bonds. The van der Waals surface area contributed by atoms with E-state index in [1.165, 1.54) is 13.8 Å². The molecule has 5 heteroatoms. The lowest BCUT2D eigenvalue weighted by Crippen LogP contribution is -2.06. The minimum absolute atomic E-state index is 0.00566. The fourth-order valence-corrected chi connectivity index (χ4v) is 3.09. The first-order valence-electron chi connectivity index (χ1n) is 6.17. The first-order valence-corrected chi connectivity index (χ1v) is 6.97. The van der Waals surface area contributed by atoms with Crippen LogP contribution in [0.1, 0.15) is 29.9 Å². The summed E-state index contributed by atoms with van der Waals surface area (Å²) in [5, 5.41) is 2.79. The Morgan fingerprint density at radius 3 is 2.40 bits per heavy atom. The SMILES string of the molecule is CC(=O)Nc1ccccc1-c1[nH]c(C)c(C(C)=O)c1Br. The molecule has 20 heavy (non-hydrogen) atoms. The average molecular weight is 335 g/mol. The van der Waals surface area contributed by atoms with Crippen LogP contribution >= 0.6 is 15.9 Å². The Morgan fingerprint density at radius 2 is 1.85 bits per heavy atom. The molecule has 4 nitrogen and oxygen atoms in total. The molecule has 0 aliphatic carbocycles. The molecule has 2 N–H and O–H groups in total. The van der Waals surface area contributed by atoms with Crippen LogP contribution in [0.5, 0.6) is 0 Å². The summed E-state index contributed by atoms with van der Waals surface area (Å²) in [6, 6.07) is 7.46. The molecule has 1 heterocycles. The van der Waals surface area contributed by atoms with Gasteiger partial charge in [0.15, 0.2) is 5.78 Å². The van der Waals surface area contributed by atoms with Gasteiger partial charge < -0.3 is 10.3 Å². The third-order valence-corrected chi connectivity index (χ3v) is 3.78. The van der Waals surface area contributed by atoms with E-state index in [1.807, 2.05) is 31.2 Å². The van der Waals surface area contributed by atoms with Crippen LogP contribution in [0.4, 0.5) is 5.69 Å². The van der Waals surface area contributed by atoms with Gasteiger partial charge in [-0.25, -0.2) is 0 Å². The summed E-state index contributed by atoms with van der Waals surface area (Å²) in [6.45, 7) is 4.85. The summed E-state index contributed by atoms with van der Waals surface area (Å²) in [7, 11) is 0. The van der Waals surface area contributed by atoms with Crippen LogP contribution in [0.2, 0.25) is 0 Å². The number of Topliss-reactive ketones (excluding diaryl/α,β-unsaturated/α-hetero) is 1. The number of anilines is 1. The lowest BCUT2D eigenvalue weighted by Gasteiger charge is -2.09. The fraction of sp³-hybridized carbons (Fsp3) is 0.200. The molecule has 1 aromatic carbocycles. The molecular weight excluding hydrogens is 320 g/mol. The second-order valence-electron chi connectivity index (χ2n) is 4.60. The second kappa shape index (κ2) is 5.63. The Kier molecular flexibility index (Phi) is 4.09. The number of aryl methyl sites for hydroxylation is 1. The van der Waals surface area contributed by atoms with Crippen molar-refractivity contribution in [3.63, 3.8) is 0 Å². The van der Waals surface area contributed by atoms with E-state index in [0.29, 0.717) is 11.3 Å². The molecule has 0 aliphatic rings. The number of hydrogen-bond acceptors (Lipinski definition) is 2. The van der Waals surface area contributed by atoms with Gasteiger partial charge in [-0.05, 0) is 35.8 Å². The molecule has 0 saturated heterocycles. The minimum atomic E-state index is -0.136. The van der Waals surface area contributed by atoms with Crippen molar-refractivity contribution < 1.29 is 9.59 Å². The molecule has 2 aromatic rings. The van der Waals surface area contributed by atoms with Gasteiger partial charge in [0.05, 0.1) is 21.4 Å². The normalized spacial score (nSPS) is 10.4. The highest BCUT2D eigenvalue weighted by atomic mass is 79.9. The van der Waals surface area contributed by atoms with Crippen LogP contribution in [0, 0.1) is 6.92 Å². The molecule has 0 bridgehead atoms. The minimum Gasteiger partial charge on any atom is -0.357 e. The van der Waals surface area contributed by atoms with E-state index < -0.39 is 0 Å². The van der Waals surface area contributed by atoms with Gasteiger partial charge in [-0.1, -0.05) is 18.2 Å². The molecule has 0 fully saturated rings. The third-order valence-electron chi connectivity index (χ3n) is 2.99. The van der Waals surface area contributed by atoms with Gasteiger partial charge in [0.1, 0.15) is 0 Å². The van der Waals surface area contributed by atoms with Gasteiger partial charge in [-0.15, -0.1) is 0 Å². The number of aromatic amines is 1. The van der Waals surface area contributed by atoms with Crippen LogP contribution < -0.4 is 5.32 Å². The van der Waals surface area contributed by atoms with Crippen molar-refractivity contribution in [2.75, 3.05) is 5.32 Å². The van der Waals surface area contributed by atoms with Crippen LogP contribution in [0.25, 0.3) is 11.3 Å². The third kappa shape index (κ3) is 2.67. The number of nitrogens with one attached hydrogen (secondary N) is 2. The molecular formula is C15H15BrN2O2. The van der Waals surface area contributed by atoms with Gasteiger partial charge >= 0.3 is 0 Å². The van der Waals surface area contributed by atoms with Crippen LogP contribution in [-0.2, 0) is 4.79 Å². The first kappa shape index (κ1) is 14.5. The summed E-state index contributed by atoms with van der Waals surface area (Å²) in [5.74, 6) is -0.141. The maximum absolute atomic E-state index is 11.7. The number of halogens is 1. The van der Waals surface area contributed by atoms with Crippen molar-refractivity contribution in [2.45, 2.75) is 20.8 Å². The number of carbonyl (C=O) groups excluding carboxylic acids is 2. The van der Waals surface area contributed by atoms with E-state index in [2.05, 4.69) is 26.2 Å². The zero-order valence-corrected chi connectivity index (χ0v) is 13.1. The van der Waals surface area contributed by atoms with E-state index in [-0.39, 0.29) is 11.7 Å². The topological polar surface area (TPSA) is 62.0 Å². The standard InChI is InChI=1S/C15H15BrN2O2/c1-8-13(9(2)19)14(16)15(17-8)11-6-4-5-7-12(11)18-10(3)20/h4-7,17H,1-3H3,(H,18,20). The van der Waals surface area contributed by atoms with Crippen molar-refractivity contribution in [1.29, 1.82) is 0 Å². The van der Waals surface area contributed by atoms with Gasteiger partial charge in [-0.3, -0.25) is 9.59 Å². The first-order chi connectivity index (χ1) is 9.41. The summed E-state index contributed by atoms with van der Waals surface area (Å²) >= 11 is 3.47. The molecule has 0 atom stereocenters. The molecule has 0 radical (unpaired) electrons. The maximum atomic E-state index is 11.7. The molecule has 2 rings (SSSR count). The predicted molar refractivity (Wildman–Crippen MR) is 83.0 cm³/mol. The number of para-hydroxylation sites is 1. The van der Waals surface area contributed by atoms with Crippen LogP contribution in [0.15, 0.2) is 28.7 Å². The van der Waals surface area contributed by atoms with Gasteiger partial charge in [-0.2, -0.15) is 0 Å². The van der Waals surface area contributed by atoms with E-state index >= 15 is 0 Å². The second-order valence-corrected chi connectivity index (χ2v) is 5.39. The number of hydrogen-bond donors (Lipinski definition) is 2. The Balaban J connectivity index is 2.61. The zero-order valence-electron chi connectivity index (χ0n) is 11.5. The quantitative estimate of drug-likeness (QED) is 0.836. The van der Waals surface area contributed by atoms with Gasteiger partial charge in [0.25, 0.3) is 0 Å². The van der Waals surface area contributed by atoms with Crippen molar-refractivity contribution >= 4 is 33.3 Å². The Hall–Kier alpha value is -1.88. The Morgan fingerprint density at radius 1 is 1.20 bits per heavy atom. The van der Waals surface area contributed by atoms with E-state index in [1.54, 1.807) is 0 Å². The monoisotopic (exact) mass is 334 g/mol. The van der Waals surface area contributed by atoms with Crippen molar-refractivity contribution in [3.8, 4) is 11.3 Å².